The zero-order valence-corrected chi connectivity index (χ0v) is 20.6. The second kappa shape index (κ2) is 9.79. The Morgan fingerprint density at radius 1 is 1.09 bits per heavy atom. The maximum atomic E-state index is 13.2. The van der Waals surface area contributed by atoms with E-state index in [1.54, 1.807) is 21.7 Å². The Morgan fingerprint density at radius 2 is 1.83 bits per heavy atom. The number of carbonyl (C=O) groups excluding carboxylic acids is 2. The molecule has 1 N–H and O–H groups in total. The fourth-order valence-electron chi connectivity index (χ4n) is 4.62. The number of hydrogen-bond donors (Lipinski definition) is 1. The van der Waals surface area contributed by atoms with Gasteiger partial charge in [-0.25, -0.2) is 4.68 Å². The first-order chi connectivity index (χ1) is 16.9. The maximum Gasteiger partial charge on any atom is 0.276 e. The van der Waals surface area contributed by atoms with E-state index in [0.717, 1.165) is 16.8 Å². The summed E-state index contributed by atoms with van der Waals surface area (Å²) in [5.41, 5.74) is 4.97. The molecular formula is C26H28ClN5O3. The molecule has 1 atom stereocenters. The number of piperidine rings is 1. The van der Waals surface area contributed by atoms with Crippen molar-refractivity contribution >= 4 is 29.1 Å². The molecule has 1 fully saturated rings. The standard InChI is InChI=1S/C26H28ClN5O3/c1-16-3-5-18(6-4-16)23-14-32-22(15-35-23)24(29-30-32)26(34)31-11-9-19(10-12-31)25(33)28-20-7-8-21(27)17(2)13-20/h3-8,13,19,23H,9-12,14-15H2,1-2H3,(H,28,33)/t23-/m1/s1. The van der Waals surface area contributed by atoms with Gasteiger partial charge in [0.25, 0.3) is 5.91 Å². The summed E-state index contributed by atoms with van der Waals surface area (Å²) in [4.78, 5) is 27.7. The molecule has 1 saturated heterocycles. The summed E-state index contributed by atoms with van der Waals surface area (Å²) in [7, 11) is 0. The van der Waals surface area contributed by atoms with Crippen LogP contribution in [0, 0.1) is 19.8 Å². The number of nitrogens with zero attached hydrogens (tertiary/aromatic N) is 4. The van der Waals surface area contributed by atoms with Gasteiger partial charge in [0.05, 0.1) is 18.8 Å². The van der Waals surface area contributed by atoms with Crippen LogP contribution in [0.2, 0.25) is 5.02 Å². The van der Waals surface area contributed by atoms with Crippen molar-refractivity contribution in [3.8, 4) is 0 Å². The van der Waals surface area contributed by atoms with Crippen LogP contribution in [0.1, 0.15) is 51.8 Å². The SMILES string of the molecule is Cc1ccc([C@H]2Cn3nnc(C(=O)N4CCC(C(=O)Nc5ccc(Cl)c(C)c5)CC4)c3CO2)cc1. The van der Waals surface area contributed by atoms with Crippen molar-refractivity contribution in [1.29, 1.82) is 0 Å². The normalized spacial score (nSPS) is 18.3. The number of benzene rings is 2. The Balaban J connectivity index is 1.18. The molecule has 0 radical (unpaired) electrons. The highest BCUT2D eigenvalue weighted by molar-refractivity contribution is 6.31. The highest BCUT2D eigenvalue weighted by atomic mass is 35.5. The Morgan fingerprint density at radius 3 is 2.54 bits per heavy atom. The Bertz CT molecular complexity index is 1250. The predicted octanol–water partition coefficient (Wildman–Crippen LogP) is 4.31. The van der Waals surface area contributed by atoms with Crippen LogP contribution >= 0.6 is 11.6 Å². The van der Waals surface area contributed by atoms with Gasteiger partial charge >= 0.3 is 0 Å². The second-order valence-electron chi connectivity index (χ2n) is 9.30. The van der Waals surface area contributed by atoms with Gasteiger partial charge in [-0.2, -0.15) is 0 Å². The summed E-state index contributed by atoms with van der Waals surface area (Å²) >= 11 is 6.07. The van der Waals surface area contributed by atoms with E-state index in [1.165, 1.54) is 5.56 Å². The number of aromatic nitrogens is 3. The lowest BCUT2D eigenvalue weighted by Gasteiger charge is -2.31. The minimum Gasteiger partial charge on any atom is -0.365 e. The zero-order chi connectivity index (χ0) is 24.5. The van der Waals surface area contributed by atoms with Crippen LogP contribution in [0.3, 0.4) is 0 Å². The minimum atomic E-state index is -0.157. The number of aryl methyl sites for hydroxylation is 2. The number of fused-ring (bicyclic) bond motifs is 1. The Kier molecular flexibility index (Phi) is 6.58. The van der Waals surface area contributed by atoms with E-state index >= 15 is 0 Å². The van der Waals surface area contributed by atoms with E-state index in [0.29, 0.717) is 48.9 Å². The highest BCUT2D eigenvalue weighted by Crippen LogP contribution is 2.28. The number of nitrogens with one attached hydrogen (secondary N) is 1. The van der Waals surface area contributed by atoms with Crippen molar-refractivity contribution in [2.45, 2.75) is 45.9 Å². The molecule has 3 heterocycles. The molecule has 35 heavy (non-hydrogen) atoms. The fraction of sp³-hybridized carbons (Fsp3) is 0.385. The van der Waals surface area contributed by atoms with E-state index in [-0.39, 0.29) is 30.4 Å². The molecule has 182 valence electrons. The number of amides is 2. The zero-order valence-electron chi connectivity index (χ0n) is 19.8. The predicted molar refractivity (Wildman–Crippen MR) is 132 cm³/mol. The molecule has 2 aromatic carbocycles. The van der Waals surface area contributed by atoms with Crippen molar-refractivity contribution in [3.05, 3.63) is 75.6 Å². The Hall–Kier alpha value is -3.23. The summed E-state index contributed by atoms with van der Waals surface area (Å²) < 4.78 is 7.83. The molecule has 0 unspecified atom stereocenters. The van der Waals surface area contributed by atoms with E-state index in [9.17, 15) is 9.59 Å². The summed E-state index contributed by atoms with van der Waals surface area (Å²) in [6.07, 6.45) is 1.07. The molecule has 0 aliphatic carbocycles. The third-order valence-corrected chi connectivity index (χ3v) is 7.25. The topological polar surface area (TPSA) is 89.4 Å². The molecule has 0 bridgehead atoms. The van der Waals surface area contributed by atoms with Gasteiger partial charge in [-0.05, 0) is 56.0 Å². The molecule has 3 aromatic rings. The van der Waals surface area contributed by atoms with Crippen LogP contribution in [0.4, 0.5) is 5.69 Å². The smallest absolute Gasteiger partial charge is 0.276 e. The van der Waals surface area contributed by atoms with Gasteiger partial charge < -0.3 is 15.0 Å². The molecule has 0 spiro atoms. The van der Waals surface area contributed by atoms with Crippen LogP contribution in [-0.2, 0) is 22.7 Å². The molecular weight excluding hydrogens is 466 g/mol. The average Bonchev–Trinajstić information content (AvgIpc) is 3.29. The van der Waals surface area contributed by atoms with Gasteiger partial charge in [0.2, 0.25) is 5.91 Å². The van der Waals surface area contributed by atoms with Crippen LogP contribution in [0.25, 0.3) is 0 Å². The number of anilines is 1. The first kappa shape index (κ1) is 23.5. The number of rotatable bonds is 4. The molecule has 2 aliphatic rings. The lowest BCUT2D eigenvalue weighted by molar-refractivity contribution is -0.121. The first-order valence-corrected chi connectivity index (χ1v) is 12.2. The van der Waals surface area contributed by atoms with Crippen molar-refractivity contribution in [3.63, 3.8) is 0 Å². The summed E-state index contributed by atoms with van der Waals surface area (Å²) in [6, 6.07) is 13.7. The summed E-state index contributed by atoms with van der Waals surface area (Å²) in [6.45, 7) is 5.75. The molecule has 1 aromatic heterocycles. The molecule has 8 nitrogen and oxygen atoms in total. The third kappa shape index (κ3) is 4.94. The van der Waals surface area contributed by atoms with Gasteiger partial charge in [-0.3, -0.25) is 9.59 Å². The van der Waals surface area contributed by atoms with E-state index in [4.69, 9.17) is 16.3 Å². The largest absolute Gasteiger partial charge is 0.365 e. The lowest BCUT2D eigenvalue weighted by atomic mass is 9.95. The van der Waals surface area contributed by atoms with Gasteiger partial charge in [0.1, 0.15) is 6.10 Å². The average molecular weight is 494 g/mol. The van der Waals surface area contributed by atoms with Crippen LogP contribution < -0.4 is 5.32 Å². The lowest BCUT2D eigenvalue weighted by Crippen LogP contribution is -2.42. The van der Waals surface area contributed by atoms with Crippen molar-refractivity contribution < 1.29 is 14.3 Å². The van der Waals surface area contributed by atoms with Crippen molar-refractivity contribution in [2.75, 3.05) is 18.4 Å². The quantitative estimate of drug-likeness (QED) is 0.585. The molecule has 0 saturated carbocycles. The Labute approximate surface area is 209 Å². The van der Waals surface area contributed by atoms with Gasteiger partial charge in [0, 0.05) is 29.7 Å². The van der Waals surface area contributed by atoms with Crippen molar-refractivity contribution in [2.24, 2.45) is 5.92 Å². The second-order valence-corrected chi connectivity index (χ2v) is 9.70. The molecule has 2 amide bonds. The molecule has 9 heteroatoms. The van der Waals surface area contributed by atoms with Gasteiger partial charge in [-0.1, -0.05) is 46.6 Å². The monoisotopic (exact) mass is 493 g/mol. The molecule has 2 aliphatic heterocycles. The number of likely N-dealkylation sites (tertiary alicyclic amines) is 1. The fourth-order valence-corrected chi connectivity index (χ4v) is 4.74. The number of hydrogen-bond acceptors (Lipinski definition) is 5. The summed E-state index contributed by atoms with van der Waals surface area (Å²) in [5, 5.41) is 12.1. The minimum absolute atomic E-state index is 0.0320. The van der Waals surface area contributed by atoms with Gasteiger partial charge in [0.15, 0.2) is 5.69 Å². The first-order valence-electron chi connectivity index (χ1n) is 11.9. The van der Waals surface area contributed by atoms with Crippen LogP contribution in [-0.4, -0.2) is 44.8 Å². The number of halogens is 1. The van der Waals surface area contributed by atoms with E-state index in [2.05, 4.69) is 46.8 Å². The maximum absolute atomic E-state index is 13.2. The van der Waals surface area contributed by atoms with Crippen LogP contribution in [0.5, 0.6) is 0 Å². The van der Waals surface area contributed by atoms with Crippen LogP contribution in [0.15, 0.2) is 42.5 Å². The van der Waals surface area contributed by atoms with E-state index < -0.39 is 0 Å². The summed E-state index contributed by atoms with van der Waals surface area (Å²) in [5.74, 6) is -0.339. The van der Waals surface area contributed by atoms with Gasteiger partial charge in [-0.15, -0.1) is 5.10 Å². The van der Waals surface area contributed by atoms with E-state index in [1.807, 2.05) is 13.0 Å². The highest BCUT2D eigenvalue weighted by Gasteiger charge is 2.33. The van der Waals surface area contributed by atoms with Crippen molar-refractivity contribution in [1.82, 2.24) is 19.9 Å². The number of carbonyl (C=O) groups is 2. The third-order valence-electron chi connectivity index (χ3n) is 6.83. The molecule has 5 rings (SSSR count). The number of ether oxygens (including phenoxy) is 1.